The average molecular weight is 348 g/mol. The maximum Gasteiger partial charge on any atom is -0.0208 e. The summed E-state index contributed by atoms with van der Waals surface area (Å²) < 4.78 is 0. The second-order valence-corrected chi connectivity index (χ2v) is 15.7. The van der Waals surface area contributed by atoms with E-state index >= 15 is 0 Å². The predicted octanol–water partition coefficient (Wildman–Crippen LogP) is 6.70. The molecule has 1 unspecified atom stereocenters. The monoisotopic (exact) mass is 348 g/mol. The second kappa shape index (κ2) is 10.2. The van der Waals surface area contributed by atoms with Gasteiger partial charge in [0.15, 0.2) is 0 Å². The Labute approximate surface area is 138 Å². The summed E-state index contributed by atoms with van der Waals surface area (Å²) in [6, 6.07) is 0. The highest BCUT2D eigenvalue weighted by Gasteiger charge is 2.37. The summed E-state index contributed by atoms with van der Waals surface area (Å²) in [5.41, 5.74) is 1.84. The first-order chi connectivity index (χ1) is 10.0. The largest absolute Gasteiger partial charge is 0.107 e. The highest BCUT2D eigenvalue weighted by molar-refractivity contribution is 7.60. The fourth-order valence-electron chi connectivity index (χ4n) is 3.55. The van der Waals surface area contributed by atoms with Crippen LogP contribution in [0.15, 0.2) is 0 Å². The molecule has 1 rings (SSSR count). The third-order valence-electron chi connectivity index (χ3n) is 5.05. The van der Waals surface area contributed by atoms with Gasteiger partial charge in [0, 0.05) is 0 Å². The van der Waals surface area contributed by atoms with Gasteiger partial charge in [-0.25, -0.2) is 0 Å². The molecular weight excluding hydrogens is 309 g/mol. The summed E-state index contributed by atoms with van der Waals surface area (Å²) in [5.74, 6) is 0. The van der Waals surface area contributed by atoms with Gasteiger partial charge in [-0.3, -0.25) is 0 Å². The standard InChI is InChI=1S/C18H39P3/c1-7-19(8-2)14-18(6,15-20(9-3)10-4)16-21(11-5)17-12-13-17/h17H,7-16H2,1-6H3. The van der Waals surface area contributed by atoms with Crippen molar-refractivity contribution in [1.29, 1.82) is 0 Å². The molecule has 1 atom stereocenters. The van der Waals surface area contributed by atoms with E-state index in [2.05, 4.69) is 41.5 Å². The van der Waals surface area contributed by atoms with Gasteiger partial charge in [0.05, 0.1) is 0 Å². The molecule has 0 aromatic carbocycles. The zero-order valence-electron chi connectivity index (χ0n) is 15.5. The molecule has 0 aromatic rings. The zero-order chi connectivity index (χ0) is 15.9. The van der Waals surface area contributed by atoms with Crippen LogP contribution in [0.3, 0.4) is 0 Å². The van der Waals surface area contributed by atoms with E-state index in [0.29, 0.717) is 29.2 Å². The Morgan fingerprint density at radius 2 is 1.14 bits per heavy atom. The average Bonchev–Trinajstić information content (AvgIpc) is 3.33. The van der Waals surface area contributed by atoms with E-state index in [1.165, 1.54) is 30.8 Å². The van der Waals surface area contributed by atoms with Gasteiger partial charge in [-0.2, -0.15) is 0 Å². The Morgan fingerprint density at radius 3 is 1.43 bits per heavy atom. The van der Waals surface area contributed by atoms with Crippen molar-refractivity contribution in [2.45, 2.75) is 60.0 Å². The number of hydrogen-bond donors (Lipinski definition) is 0. The van der Waals surface area contributed by atoms with Crippen LogP contribution in [-0.4, -0.2) is 55.0 Å². The Morgan fingerprint density at radius 1 is 0.714 bits per heavy atom. The number of hydrogen-bond acceptors (Lipinski definition) is 0. The van der Waals surface area contributed by atoms with Crippen molar-refractivity contribution in [2.75, 3.05) is 49.3 Å². The fourth-order valence-corrected chi connectivity index (χ4v) is 11.6. The predicted molar refractivity (Wildman–Crippen MR) is 109 cm³/mol. The van der Waals surface area contributed by atoms with Crippen molar-refractivity contribution >= 4 is 23.8 Å². The van der Waals surface area contributed by atoms with E-state index in [0.717, 1.165) is 5.66 Å². The molecule has 0 aromatic heterocycles. The summed E-state index contributed by atoms with van der Waals surface area (Å²) in [4.78, 5) is 0. The Bertz CT molecular complexity index is 254. The van der Waals surface area contributed by atoms with Gasteiger partial charge in [-0.1, -0.05) is 41.5 Å². The molecule has 0 heterocycles. The van der Waals surface area contributed by atoms with E-state index in [1.807, 2.05) is 0 Å². The quantitative estimate of drug-likeness (QED) is 0.344. The minimum absolute atomic E-state index is 0.301. The highest BCUT2D eigenvalue weighted by Crippen LogP contribution is 2.59. The molecular formula is C18H39P3. The molecule has 0 nitrogen and oxygen atoms in total. The summed E-state index contributed by atoms with van der Waals surface area (Å²) in [5, 5.41) is 0. The maximum atomic E-state index is 2.68. The van der Waals surface area contributed by atoms with E-state index in [1.54, 1.807) is 31.3 Å². The van der Waals surface area contributed by atoms with Gasteiger partial charge in [0.2, 0.25) is 0 Å². The topological polar surface area (TPSA) is 0 Å². The van der Waals surface area contributed by atoms with E-state index < -0.39 is 0 Å². The lowest BCUT2D eigenvalue weighted by Gasteiger charge is -2.39. The van der Waals surface area contributed by atoms with Gasteiger partial charge < -0.3 is 0 Å². The van der Waals surface area contributed by atoms with Crippen molar-refractivity contribution in [2.24, 2.45) is 5.41 Å². The molecule has 0 saturated heterocycles. The summed E-state index contributed by atoms with van der Waals surface area (Å²) in [6.45, 7) is 14.9. The van der Waals surface area contributed by atoms with Crippen LogP contribution in [0.25, 0.3) is 0 Å². The van der Waals surface area contributed by atoms with Gasteiger partial charge >= 0.3 is 0 Å². The summed E-state index contributed by atoms with van der Waals surface area (Å²) in [6.07, 6.45) is 15.1. The maximum absolute atomic E-state index is 2.68. The molecule has 3 heteroatoms. The second-order valence-electron chi connectivity index (χ2n) is 7.03. The minimum atomic E-state index is 0.301. The zero-order valence-corrected chi connectivity index (χ0v) is 18.2. The third-order valence-corrected chi connectivity index (χ3v) is 14.6. The van der Waals surface area contributed by atoms with E-state index in [-0.39, 0.29) is 0 Å². The molecule has 0 spiro atoms. The van der Waals surface area contributed by atoms with Gasteiger partial charge in [0.25, 0.3) is 0 Å². The van der Waals surface area contributed by atoms with Crippen molar-refractivity contribution in [1.82, 2.24) is 0 Å². The van der Waals surface area contributed by atoms with Gasteiger partial charge in [-0.15, -0.1) is 23.8 Å². The molecule has 0 bridgehead atoms. The molecule has 0 amide bonds. The third kappa shape index (κ3) is 7.15. The van der Waals surface area contributed by atoms with Crippen LogP contribution in [0, 0.1) is 5.41 Å². The van der Waals surface area contributed by atoms with E-state index in [4.69, 9.17) is 0 Å². The van der Waals surface area contributed by atoms with Gasteiger partial charge in [0.1, 0.15) is 0 Å². The molecule has 1 fully saturated rings. The first-order valence-corrected chi connectivity index (χ1v) is 14.8. The molecule has 1 aliphatic rings. The van der Waals surface area contributed by atoms with Crippen LogP contribution in [0.5, 0.6) is 0 Å². The van der Waals surface area contributed by atoms with Crippen LogP contribution < -0.4 is 0 Å². The molecule has 0 radical (unpaired) electrons. The van der Waals surface area contributed by atoms with Crippen LogP contribution in [0.1, 0.15) is 54.4 Å². The smallest absolute Gasteiger partial charge is 0.0208 e. The normalized spacial score (nSPS) is 17.7. The van der Waals surface area contributed by atoms with Crippen LogP contribution in [0.2, 0.25) is 0 Å². The highest BCUT2D eigenvalue weighted by atomic mass is 31.1. The number of rotatable bonds is 12. The first kappa shape index (κ1) is 20.3. The minimum Gasteiger partial charge on any atom is -0.107 e. The lowest BCUT2D eigenvalue weighted by Crippen LogP contribution is -2.30. The molecule has 1 saturated carbocycles. The lowest BCUT2D eigenvalue weighted by molar-refractivity contribution is 0.491. The molecule has 21 heavy (non-hydrogen) atoms. The van der Waals surface area contributed by atoms with Gasteiger partial charge in [-0.05, 0) is 73.2 Å². The molecule has 126 valence electrons. The SMILES string of the molecule is CCP(CC)CC(C)(CP(CC)CC)CP(CC)C1CC1. The summed E-state index contributed by atoms with van der Waals surface area (Å²) >= 11 is 0. The lowest BCUT2D eigenvalue weighted by atomic mass is 9.99. The van der Waals surface area contributed by atoms with Crippen molar-refractivity contribution in [3.8, 4) is 0 Å². The van der Waals surface area contributed by atoms with Crippen molar-refractivity contribution < 1.29 is 0 Å². The van der Waals surface area contributed by atoms with E-state index in [9.17, 15) is 0 Å². The Balaban J connectivity index is 2.74. The molecule has 1 aliphatic carbocycles. The summed E-state index contributed by atoms with van der Waals surface area (Å²) in [7, 11) is 0.948. The first-order valence-electron chi connectivity index (χ1n) is 9.20. The Hall–Kier alpha value is 1.29. The molecule has 0 N–H and O–H groups in total. The Kier molecular flexibility index (Phi) is 9.89. The van der Waals surface area contributed by atoms with Crippen LogP contribution in [0.4, 0.5) is 0 Å². The van der Waals surface area contributed by atoms with Crippen molar-refractivity contribution in [3.05, 3.63) is 0 Å². The molecule has 0 aliphatic heterocycles. The van der Waals surface area contributed by atoms with Crippen molar-refractivity contribution in [3.63, 3.8) is 0 Å². The van der Waals surface area contributed by atoms with Crippen LogP contribution >= 0.6 is 23.8 Å². The fraction of sp³-hybridized carbons (Fsp3) is 1.00. The van der Waals surface area contributed by atoms with Crippen LogP contribution in [-0.2, 0) is 0 Å².